The van der Waals surface area contributed by atoms with Crippen LogP contribution >= 0.6 is 0 Å². The molecule has 0 radical (unpaired) electrons. The van der Waals surface area contributed by atoms with Crippen molar-refractivity contribution in [3.05, 3.63) is 53.1 Å². The zero-order valence-corrected chi connectivity index (χ0v) is 17.5. The number of esters is 1. The molecule has 0 saturated heterocycles. The maximum atomic E-state index is 12.1. The summed E-state index contributed by atoms with van der Waals surface area (Å²) in [5.74, 6) is 0.466. The highest BCUT2D eigenvalue weighted by Gasteiger charge is 2.22. The lowest BCUT2D eigenvalue weighted by Gasteiger charge is -2.29. The Bertz CT molecular complexity index is 860. The Balaban J connectivity index is 2.62. The number of rotatable bonds is 7. The van der Waals surface area contributed by atoms with E-state index in [0.717, 1.165) is 33.6 Å². The zero-order valence-electron chi connectivity index (χ0n) is 17.5. The zero-order chi connectivity index (χ0) is 20.8. The summed E-state index contributed by atoms with van der Waals surface area (Å²) in [4.78, 5) is 25.6. The summed E-state index contributed by atoms with van der Waals surface area (Å²) in [6.45, 7) is 8.27. The number of nitrogens with zero attached hydrogens (tertiary/aromatic N) is 1. The topological polar surface area (TPSA) is 55.8 Å². The molecule has 1 atom stereocenters. The molecular weight excluding hydrogens is 354 g/mol. The van der Waals surface area contributed by atoms with Crippen molar-refractivity contribution in [3.8, 4) is 16.9 Å². The van der Waals surface area contributed by atoms with Gasteiger partial charge in [0.1, 0.15) is 5.75 Å². The van der Waals surface area contributed by atoms with E-state index < -0.39 is 0 Å². The predicted octanol–water partition coefficient (Wildman–Crippen LogP) is 4.32. The SMILES string of the molecule is CCN(C(C)=O)C(C)c1cc(C)ccc1-c1cc(CC(=O)OC)ccc1OC. The molecule has 2 aromatic carbocycles. The molecule has 2 aromatic rings. The third-order valence-electron chi connectivity index (χ3n) is 5.00. The summed E-state index contributed by atoms with van der Waals surface area (Å²) in [6, 6.07) is 11.8. The average Bonchev–Trinajstić information content (AvgIpc) is 2.67. The number of hydrogen-bond donors (Lipinski definition) is 0. The van der Waals surface area contributed by atoms with E-state index in [0.29, 0.717) is 6.54 Å². The molecule has 28 heavy (non-hydrogen) atoms. The molecule has 0 saturated carbocycles. The molecule has 0 spiro atoms. The first-order valence-corrected chi connectivity index (χ1v) is 9.44. The molecule has 1 amide bonds. The number of benzene rings is 2. The Morgan fingerprint density at radius 2 is 1.79 bits per heavy atom. The molecule has 0 N–H and O–H groups in total. The van der Waals surface area contributed by atoms with Crippen LogP contribution in [-0.2, 0) is 20.7 Å². The van der Waals surface area contributed by atoms with Crippen molar-refractivity contribution in [1.82, 2.24) is 4.90 Å². The van der Waals surface area contributed by atoms with Gasteiger partial charge >= 0.3 is 5.97 Å². The van der Waals surface area contributed by atoms with E-state index in [2.05, 4.69) is 12.1 Å². The van der Waals surface area contributed by atoms with Crippen molar-refractivity contribution in [2.75, 3.05) is 20.8 Å². The van der Waals surface area contributed by atoms with Gasteiger partial charge in [-0.15, -0.1) is 0 Å². The van der Waals surface area contributed by atoms with Crippen LogP contribution in [0.4, 0.5) is 0 Å². The molecule has 0 aromatic heterocycles. The molecule has 1 unspecified atom stereocenters. The van der Waals surface area contributed by atoms with Crippen molar-refractivity contribution >= 4 is 11.9 Å². The van der Waals surface area contributed by atoms with Crippen LogP contribution in [-0.4, -0.2) is 37.5 Å². The fourth-order valence-corrected chi connectivity index (χ4v) is 3.52. The van der Waals surface area contributed by atoms with Crippen LogP contribution in [0, 0.1) is 6.92 Å². The quantitative estimate of drug-likeness (QED) is 0.669. The Morgan fingerprint density at radius 1 is 1.07 bits per heavy atom. The number of carbonyl (C=O) groups excluding carboxylic acids is 2. The predicted molar refractivity (Wildman–Crippen MR) is 110 cm³/mol. The number of aryl methyl sites for hydroxylation is 1. The molecule has 0 heterocycles. The summed E-state index contributed by atoms with van der Waals surface area (Å²) in [7, 11) is 3.01. The minimum Gasteiger partial charge on any atom is -0.496 e. The molecule has 0 aliphatic rings. The normalized spacial score (nSPS) is 11.6. The third kappa shape index (κ3) is 4.71. The Kier molecular flexibility index (Phi) is 7.21. The van der Waals surface area contributed by atoms with Gasteiger partial charge in [-0.2, -0.15) is 0 Å². The molecule has 150 valence electrons. The van der Waals surface area contributed by atoms with Crippen molar-refractivity contribution in [3.63, 3.8) is 0 Å². The Morgan fingerprint density at radius 3 is 2.36 bits per heavy atom. The van der Waals surface area contributed by atoms with Crippen LogP contribution < -0.4 is 4.74 Å². The van der Waals surface area contributed by atoms with Crippen LogP contribution in [0.2, 0.25) is 0 Å². The molecule has 0 fully saturated rings. The molecule has 5 nitrogen and oxygen atoms in total. The van der Waals surface area contributed by atoms with Crippen LogP contribution in [0.15, 0.2) is 36.4 Å². The second-order valence-corrected chi connectivity index (χ2v) is 6.86. The second-order valence-electron chi connectivity index (χ2n) is 6.86. The van der Waals surface area contributed by atoms with Gasteiger partial charge in [0, 0.05) is 19.0 Å². The minimum atomic E-state index is -0.289. The molecule has 2 rings (SSSR count). The van der Waals surface area contributed by atoms with Gasteiger partial charge in [-0.3, -0.25) is 9.59 Å². The summed E-state index contributed by atoms with van der Waals surface area (Å²) >= 11 is 0. The van der Waals surface area contributed by atoms with Gasteiger partial charge in [-0.05, 0) is 49.6 Å². The number of amides is 1. The lowest BCUT2D eigenvalue weighted by Crippen LogP contribution is -2.31. The molecule has 5 heteroatoms. The van der Waals surface area contributed by atoms with Gasteiger partial charge in [0.15, 0.2) is 0 Å². The molecule has 0 aliphatic carbocycles. The maximum Gasteiger partial charge on any atom is 0.309 e. The van der Waals surface area contributed by atoms with E-state index in [1.165, 1.54) is 7.11 Å². The van der Waals surface area contributed by atoms with E-state index in [1.807, 2.05) is 49.9 Å². The summed E-state index contributed by atoms with van der Waals surface area (Å²) in [5, 5.41) is 0. The lowest BCUT2D eigenvalue weighted by atomic mass is 9.91. The van der Waals surface area contributed by atoms with Crippen LogP contribution in [0.3, 0.4) is 0 Å². The van der Waals surface area contributed by atoms with Crippen molar-refractivity contribution in [2.45, 2.75) is 40.2 Å². The van der Waals surface area contributed by atoms with E-state index >= 15 is 0 Å². The fraction of sp³-hybridized carbons (Fsp3) is 0.391. The van der Waals surface area contributed by atoms with Crippen LogP contribution in [0.5, 0.6) is 5.75 Å². The Hall–Kier alpha value is -2.82. The van der Waals surface area contributed by atoms with E-state index in [4.69, 9.17) is 9.47 Å². The highest BCUT2D eigenvalue weighted by molar-refractivity contribution is 5.79. The van der Waals surface area contributed by atoms with Crippen molar-refractivity contribution in [1.29, 1.82) is 0 Å². The van der Waals surface area contributed by atoms with Crippen molar-refractivity contribution < 1.29 is 19.1 Å². The number of hydrogen-bond acceptors (Lipinski definition) is 4. The molecule has 0 bridgehead atoms. The van der Waals surface area contributed by atoms with Gasteiger partial charge < -0.3 is 14.4 Å². The smallest absolute Gasteiger partial charge is 0.309 e. The van der Waals surface area contributed by atoms with Gasteiger partial charge in [-0.1, -0.05) is 29.8 Å². The summed E-state index contributed by atoms with van der Waals surface area (Å²) in [6.07, 6.45) is 0.193. The summed E-state index contributed by atoms with van der Waals surface area (Å²) < 4.78 is 10.4. The maximum absolute atomic E-state index is 12.1. The van der Waals surface area contributed by atoms with E-state index in [-0.39, 0.29) is 24.3 Å². The lowest BCUT2D eigenvalue weighted by molar-refractivity contribution is -0.139. The monoisotopic (exact) mass is 383 g/mol. The number of carbonyl (C=O) groups is 2. The second kappa shape index (κ2) is 9.40. The standard InChI is InChI=1S/C23H29NO4/c1-7-24(17(4)25)16(3)20-12-15(2)8-10-19(20)21-13-18(14-23(26)28-6)9-11-22(21)27-5/h8-13,16H,7,14H2,1-6H3. The van der Waals surface area contributed by atoms with E-state index in [9.17, 15) is 9.59 Å². The highest BCUT2D eigenvalue weighted by Crippen LogP contribution is 2.38. The largest absolute Gasteiger partial charge is 0.496 e. The first-order valence-electron chi connectivity index (χ1n) is 9.44. The highest BCUT2D eigenvalue weighted by atomic mass is 16.5. The number of ether oxygens (including phenoxy) is 2. The molecular formula is C23H29NO4. The van der Waals surface area contributed by atoms with Gasteiger partial charge in [-0.25, -0.2) is 0 Å². The number of methoxy groups -OCH3 is 2. The summed E-state index contributed by atoms with van der Waals surface area (Å²) in [5.41, 5.74) is 4.90. The fourth-order valence-electron chi connectivity index (χ4n) is 3.52. The first-order chi connectivity index (χ1) is 13.3. The van der Waals surface area contributed by atoms with E-state index in [1.54, 1.807) is 14.0 Å². The Labute approximate surface area is 167 Å². The van der Waals surface area contributed by atoms with Crippen molar-refractivity contribution in [2.24, 2.45) is 0 Å². The van der Waals surface area contributed by atoms with Crippen LogP contribution in [0.1, 0.15) is 43.5 Å². The van der Waals surface area contributed by atoms with Crippen LogP contribution in [0.25, 0.3) is 11.1 Å². The van der Waals surface area contributed by atoms with Gasteiger partial charge in [0.2, 0.25) is 5.91 Å². The minimum absolute atomic E-state index is 0.0360. The average molecular weight is 383 g/mol. The van der Waals surface area contributed by atoms with Gasteiger partial charge in [0.05, 0.1) is 26.7 Å². The molecule has 0 aliphatic heterocycles. The van der Waals surface area contributed by atoms with Gasteiger partial charge in [0.25, 0.3) is 0 Å². The third-order valence-corrected chi connectivity index (χ3v) is 5.00. The first kappa shape index (κ1) is 21.5.